The Morgan fingerprint density at radius 1 is 1.43 bits per heavy atom. The number of fused-ring (bicyclic) bond motifs is 1. The lowest BCUT2D eigenvalue weighted by molar-refractivity contribution is -0.166. The predicted octanol–water partition coefficient (Wildman–Crippen LogP) is 2.51. The first kappa shape index (κ1) is 17.1. The number of H-pyrrole nitrogens is 1. The van der Waals surface area contributed by atoms with Gasteiger partial charge in [-0.25, -0.2) is 18.7 Å². The molecule has 2 heterocycles. The van der Waals surface area contributed by atoms with Crippen molar-refractivity contribution in [3.8, 4) is 0 Å². The third-order valence-electron chi connectivity index (χ3n) is 2.87. The van der Waals surface area contributed by atoms with E-state index in [0.29, 0.717) is 16.9 Å². The van der Waals surface area contributed by atoms with Crippen LogP contribution in [0.3, 0.4) is 0 Å². The van der Waals surface area contributed by atoms with Crippen LogP contribution in [0.15, 0.2) is 12.3 Å². The number of halogens is 4. The molecule has 0 bridgehead atoms. The first-order valence-corrected chi connectivity index (χ1v) is 6.65. The molecule has 2 aromatic rings. The summed E-state index contributed by atoms with van der Waals surface area (Å²) in [6, 6.07) is 1.67. The zero-order valence-corrected chi connectivity index (χ0v) is 12.1. The molecular weight excluding hydrogens is 320 g/mol. The second kappa shape index (κ2) is 6.90. The van der Waals surface area contributed by atoms with Gasteiger partial charge in [0.15, 0.2) is 0 Å². The molecule has 0 unspecified atom stereocenters. The van der Waals surface area contributed by atoms with Gasteiger partial charge in [-0.3, -0.25) is 4.79 Å². The van der Waals surface area contributed by atoms with Gasteiger partial charge in [0, 0.05) is 6.20 Å². The maximum absolute atomic E-state index is 12.6. The normalized spacial score (nSPS) is 12.1. The third-order valence-corrected chi connectivity index (χ3v) is 2.87. The van der Waals surface area contributed by atoms with Crippen LogP contribution in [0, 0.1) is 6.92 Å². The summed E-state index contributed by atoms with van der Waals surface area (Å²) in [5.41, 5.74) is 0.542. The molecule has 0 aliphatic carbocycles. The number of ether oxygens (including phenoxy) is 1. The number of carbonyl (C=O) groups excluding carboxylic acids is 1. The molecule has 1 amide bonds. The third kappa shape index (κ3) is 4.38. The highest BCUT2D eigenvalue weighted by molar-refractivity contribution is 5.98. The average Bonchev–Trinajstić information content (AvgIpc) is 2.91. The number of carbonyl (C=O) groups is 1. The van der Waals surface area contributed by atoms with Gasteiger partial charge in [-0.2, -0.15) is 8.78 Å². The summed E-state index contributed by atoms with van der Waals surface area (Å²) in [5.74, 6) is -4.05. The fourth-order valence-electron chi connectivity index (χ4n) is 1.78. The molecule has 0 aliphatic rings. The largest absolute Gasteiger partial charge is 0.374 e. The van der Waals surface area contributed by atoms with Gasteiger partial charge in [-0.1, -0.05) is 0 Å². The van der Waals surface area contributed by atoms with Crippen LogP contribution < -0.4 is 5.32 Å². The second-order valence-corrected chi connectivity index (χ2v) is 4.77. The minimum atomic E-state index is -4.22. The number of nitrogens with one attached hydrogen (secondary N) is 2. The van der Waals surface area contributed by atoms with E-state index in [1.807, 2.05) is 0 Å². The highest BCUT2D eigenvalue weighted by atomic mass is 19.3. The molecule has 6 nitrogen and oxygen atoms in total. The molecule has 0 spiro atoms. The van der Waals surface area contributed by atoms with Crippen molar-refractivity contribution in [2.75, 3.05) is 18.5 Å². The number of aromatic amines is 1. The van der Waals surface area contributed by atoms with E-state index in [2.05, 4.69) is 25.0 Å². The summed E-state index contributed by atoms with van der Waals surface area (Å²) >= 11 is 0. The Labute approximate surface area is 128 Å². The monoisotopic (exact) mass is 334 g/mol. The highest BCUT2D eigenvalue weighted by Gasteiger charge is 2.40. The van der Waals surface area contributed by atoms with E-state index < -0.39 is 31.5 Å². The smallest absolute Gasteiger partial charge is 0.330 e. The Bertz CT molecular complexity index is 690. The minimum absolute atomic E-state index is 0.270. The molecular formula is C13H14F4N4O2. The van der Waals surface area contributed by atoms with Crippen LogP contribution in [0.2, 0.25) is 0 Å². The van der Waals surface area contributed by atoms with Crippen LogP contribution in [-0.4, -0.2) is 46.4 Å². The lowest BCUT2D eigenvalue weighted by Gasteiger charge is -2.15. The molecule has 0 aliphatic heterocycles. The number of anilines is 1. The van der Waals surface area contributed by atoms with E-state index in [-0.39, 0.29) is 12.2 Å². The van der Waals surface area contributed by atoms with Gasteiger partial charge in [0.2, 0.25) is 5.91 Å². The zero-order chi connectivity index (χ0) is 17.0. The number of alkyl halides is 4. The van der Waals surface area contributed by atoms with E-state index >= 15 is 0 Å². The Morgan fingerprint density at radius 3 is 2.87 bits per heavy atom. The first-order valence-electron chi connectivity index (χ1n) is 6.65. The number of hydrogen-bond donors (Lipinski definition) is 2. The number of hydrogen-bond acceptors (Lipinski definition) is 4. The van der Waals surface area contributed by atoms with E-state index in [4.69, 9.17) is 0 Å². The van der Waals surface area contributed by atoms with Gasteiger partial charge >= 0.3 is 12.3 Å². The van der Waals surface area contributed by atoms with Gasteiger partial charge in [-0.05, 0) is 13.0 Å². The number of amides is 1. The molecule has 2 N–H and O–H groups in total. The first-order chi connectivity index (χ1) is 10.8. The number of aryl methyl sites for hydroxylation is 1. The van der Waals surface area contributed by atoms with Gasteiger partial charge in [-0.15, -0.1) is 0 Å². The molecule has 2 rings (SSSR count). The number of aromatic nitrogens is 3. The summed E-state index contributed by atoms with van der Waals surface area (Å²) in [6.45, 7) is -0.202. The lowest BCUT2D eigenvalue weighted by atomic mass is 10.3. The van der Waals surface area contributed by atoms with Crippen molar-refractivity contribution in [3.63, 3.8) is 0 Å². The molecule has 0 fully saturated rings. The van der Waals surface area contributed by atoms with Crippen molar-refractivity contribution in [3.05, 3.63) is 18.1 Å². The topological polar surface area (TPSA) is 79.9 Å². The molecule has 2 aromatic heterocycles. The van der Waals surface area contributed by atoms with Crippen molar-refractivity contribution in [2.24, 2.45) is 0 Å². The van der Waals surface area contributed by atoms with Crippen LogP contribution in [0.25, 0.3) is 11.0 Å². The maximum atomic E-state index is 12.6. The second-order valence-electron chi connectivity index (χ2n) is 4.77. The molecule has 0 saturated carbocycles. The van der Waals surface area contributed by atoms with E-state index in [1.165, 1.54) is 0 Å². The fourth-order valence-corrected chi connectivity index (χ4v) is 1.78. The molecule has 0 aromatic carbocycles. The Hall–Kier alpha value is -2.23. The van der Waals surface area contributed by atoms with E-state index in [1.54, 1.807) is 19.2 Å². The predicted molar refractivity (Wildman–Crippen MR) is 73.6 cm³/mol. The SMILES string of the molecule is Cc1nc(NC(=O)CCOCC(F)(F)C(F)F)c2cc[nH]c2n1. The van der Waals surface area contributed by atoms with Crippen molar-refractivity contribution < 1.29 is 27.1 Å². The van der Waals surface area contributed by atoms with Crippen LogP contribution in [-0.2, 0) is 9.53 Å². The van der Waals surface area contributed by atoms with Gasteiger partial charge in [0.25, 0.3) is 0 Å². The van der Waals surface area contributed by atoms with Crippen molar-refractivity contribution in [1.82, 2.24) is 15.0 Å². The molecule has 23 heavy (non-hydrogen) atoms. The standard InChI is InChI=1S/C13H14F4N4O2/c1-7-19-10-8(2-4-18-10)11(20-7)21-9(22)3-5-23-6-13(16,17)12(14)15/h2,4,12H,3,5-6H2,1H3,(H2,18,19,20,21,22). The Balaban J connectivity index is 1.86. The van der Waals surface area contributed by atoms with Crippen molar-refractivity contribution in [1.29, 1.82) is 0 Å². The van der Waals surface area contributed by atoms with E-state index in [0.717, 1.165) is 0 Å². The molecule has 0 atom stereocenters. The van der Waals surface area contributed by atoms with Crippen LogP contribution in [0.1, 0.15) is 12.2 Å². The number of nitrogens with zero attached hydrogens (tertiary/aromatic N) is 2. The summed E-state index contributed by atoms with van der Waals surface area (Å²) in [5, 5.41) is 3.10. The van der Waals surface area contributed by atoms with E-state index in [9.17, 15) is 22.4 Å². The minimum Gasteiger partial charge on any atom is -0.374 e. The summed E-state index contributed by atoms with van der Waals surface area (Å²) in [4.78, 5) is 22.8. The molecule has 0 saturated heterocycles. The van der Waals surface area contributed by atoms with Gasteiger partial charge < -0.3 is 15.0 Å². The maximum Gasteiger partial charge on any atom is 0.330 e. The molecule has 0 radical (unpaired) electrons. The lowest BCUT2D eigenvalue weighted by Crippen LogP contribution is -2.32. The molecule has 10 heteroatoms. The zero-order valence-electron chi connectivity index (χ0n) is 12.1. The fraction of sp³-hybridized carbons (Fsp3) is 0.462. The van der Waals surface area contributed by atoms with Gasteiger partial charge in [0.1, 0.15) is 23.9 Å². The van der Waals surface area contributed by atoms with Crippen LogP contribution in [0.5, 0.6) is 0 Å². The number of rotatable bonds is 7. The molecule has 126 valence electrons. The quantitative estimate of drug-likeness (QED) is 0.602. The van der Waals surface area contributed by atoms with Crippen LogP contribution >= 0.6 is 0 Å². The highest BCUT2D eigenvalue weighted by Crippen LogP contribution is 2.23. The average molecular weight is 334 g/mol. The van der Waals surface area contributed by atoms with Crippen molar-refractivity contribution >= 4 is 22.8 Å². The van der Waals surface area contributed by atoms with Gasteiger partial charge in [0.05, 0.1) is 18.4 Å². The van der Waals surface area contributed by atoms with Crippen LogP contribution in [0.4, 0.5) is 23.4 Å². The van der Waals surface area contributed by atoms with Crippen molar-refractivity contribution in [2.45, 2.75) is 25.7 Å². The Kier molecular flexibility index (Phi) is 5.14. The summed E-state index contributed by atoms with van der Waals surface area (Å²) in [7, 11) is 0. The summed E-state index contributed by atoms with van der Waals surface area (Å²) in [6.07, 6.45) is -2.44. The Morgan fingerprint density at radius 2 is 2.17 bits per heavy atom. The summed E-state index contributed by atoms with van der Waals surface area (Å²) < 4.78 is 53.5.